The van der Waals surface area contributed by atoms with E-state index in [-0.39, 0.29) is 0 Å². The van der Waals surface area contributed by atoms with E-state index >= 15 is 0 Å². The molecular weight excluding hydrogens is 334 g/mol. The largest absolute Gasteiger partial charge is 0.313 e. The van der Waals surface area contributed by atoms with E-state index in [1.54, 1.807) is 0 Å². The predicted octanol–water partition coefficient (Wildman–Crippen LogP) is 3.65. The second kappa shape index (κ2) is 7.41. The standard InChI is InChI=1S/C22H27N5/c1-2-10-19-18(9-1)25-21-15-26(14-4-3-12-23-16-27(19)21)20-11-5-7-17-8-6-13-24-22(17)20/h1-2,6,8-10,13,20,23H,3-5,7,11-12,14-16H2/t20-/m0/s1. The Hall–Kier alpha value is -2.24. The number of hydrogen-bond acceptors (Lipinski definition) is 4. The van der Waals surface area contributed by atoms with Crippen LogP contribution in [0.4, 0.5) is 0 Å². The Morgan fingerprint density at radius 3 is 3.00 bits per heavy atom. The van der Waals surface area contributed by atoms with E-state index in [4.69, 9.17) is 9.97 Å². The normalized spacial score (nSPS) is 21.6. The molecule has 1 aliphatic heterocycles. The van der Waals surface area contributed by atoms with Crippen molar-refractivity contribution in [3.63, 3.8) is 0 Å². The molecule has 1 N–H and O–H groups in total. The third-order valence-corrected chi connectivity index (χ3v) is 6.00. The highest BCUT2D eigenvalue weighted by molar-refractivity contribution is 5.75. The zero-order valence-corrected chi connectivity index (χ0v) is 15.8. The summed E-state index contributed by atoms with van der Waals surface area (Å²) in [5.74, 6) is 1.16. The molecule has 140 valence electrons. The van der Waals surface area contributed by atoms with Gasteiger partial charge in [0, 0.05) is 6.20 Å². The summed E-state index contributed by atoms with van der Waals surface area (Å²) < 4.78 is 2.36. The Balaban J connectivity index is 1.53. The van der Waals surface area contributed by atoms with Gasteiger partial charge in [-0.15, -0.1) is 0 Å². The van der Waals surface area contributed by atoms with E-state index in [0.717, 1.165) is 44.1 Å². The number of nitrogens with zero attached hydrogens (tertiary/aromatic N) is 4. The van der Waals surface area contributed by atoms with Gasteiger partial charge in [-0.25, -0.2) is 4.98 Å². The Labute approximate surface area is 160 Å². The highest BCUT2D eigenvalue weighted by Gasteiger charge is 2.28. The molecule has 5 heteroatoms. The molecule has 1 aromatic carbocycles. The summed E-state index contributed by atoms with van der Waals surface area (Å²) in [4.78, 5) is 12.4. The van der Waals surface area contributed by atoms with Crippen LogP contribution in [0.2, 0.25) is 0 Å². The molecule has 0 saturated heterocycles. The van der Waals surface area contributed by atoms with E-state index in [1.165, 1.54) is 42.5 Å². The summed E-state index contributed by atoms with van der Waals surface area (Å²) in [6, 6.07) is 13.2. The minimum Gasteiger partial charge on any atom is -0.313 e. The van der Waals surface area contributed by atoms with Gasteiger partial charge < -0.3 is 4.57 Å². The molecule has 2 aromatic heterocycles. The number of hydrogen-bond donors (Lipinski definition) is 1. The quantitative estimate of drug-likeness (QED) is 0.719. The molecular formula is C22H27N5. The Morgan fingerprint density at radius 2 is 2.00 bits per heavy atom. The number of pyridine rings is 1. The summed E-state index contributed by atoms with van der Waals surface area (Å²) in [7, 11) is 0. The van der Waals surface area contributed by atoms with Gasteiger partial charge in [0.25, 0.3) is 0 Å². The molecule has 1 aliphatic carbocycles. The van der Waals surface area contributed by atoms with Crippen LogP contribution < -0.4 is 5.32 Å². The highest BCUT2D eigenvalue weighted by Crippen LogP contribution is 2.34. The number of aromatic nitrogens is 3. The predicted molar refractivity (Wildman–Crippen MR) is 107 cm³/mol. The summed E-state index contributed by atoms with van der Waals surface area (Å²) in [6.07, 6.45) is 7.99. The first kappa shape index (κ1) is 16.9. The average molecular weight is 361 g/mol. The van der Waals surface area contributed by atoms with Crippen LogP contribution in [0.5, 0.6) is 0 Å². The first-order chi connectivity index (χ1) is 13.4. The third-order valence-electron chi connectivity index (χ3n) is 6.00. The molecule has 3 aromatic rings. The lowest BCUT2D eigenvalue weighted by atomic mass is 9.90. The van der Waals surface area contributed by atoms with Crippen LogP contribution in [0, 0.1) is 0 Å². The maximum absolute atomic E-state index is 4.99. The van der Waals surface area contributed by atoms with Gasteiger partial charge in [0.2, 0.25) is 0 Å². The minimum absolute atomic E-state index is 0.413. The molecule has 0 radical (unpaired) electrons. The first-order valence-corrected chi connectivity index (χ1v) is 10.2. The van der Waals surface area contributed by atoms with Crippen LogP contribution >= 0.6 is 0 Å². The molecule has 0 fully saturated rings. The summed E-state index contributed by atoms with van der Waals surface area (Å²) in [5, 5.41) is 3.59. The van der Waals surface area contributed by atoms with Crippen LogP contribution in [0.3, 0.4) is 0 Å². The smallest absolute Gasteiger partial charge is 0.125 e. The lowest BCUT2D eigenvalue weighted by molar-refractivity contribution is 0.154. The van der Waals surface area contributed by atoms with Gasteiger partial charge in [-0.1, -0.05) is 18.2 Å². The van der Waals surface area contributed by atoms with Crippen LogP contribution in [0.1, 0.15) is 48.8 Å². The zero-order valence-electron chi connectivity index (χ0n) is 15.8. The minimum atomic E-state index is 0.413. The Morgan fingerprint density at radius 1 is 1.04 bits per heavy atom. The van der Waals surface area contributed by atoms with Gasteiger partial charge in [-0.3, -0.25) is 15.2 Å². The topological polar surface area (TPSA) is 46.0 Å². The summed E-state index contributed by atoms with van der Waals surface area (Å²) >= 11 is 0. The fourth-order valence-corrected chi connectivity index (χ4v) is 4.65. The fourth-order valence-electron chi connectivity index (χ4n) is 4.65. The number of rotatable bonds is 1. The van der Waals surface area contributed by atoms with E-state index in [9.17, 15) is 0 Å². The maximum atomic E-state index is 4.99. The summed E-state index contributed by atoms with van der Waals surface area (Å²) in [6.45, 7) is 3.88. The van der Waals surface area contributed by atoms with Gasteiger partial charge in [-0.2, -0.15) is 0 Å². The molecule has 0 amide bonds. The highest BCUT2D eigenvalue weighted by atomic mass is 15.2. The fraction of sp³-hybridized carbons (Fsp3) is 0.455. The van der Waals surface area contributed by atoms with E-state index in [2.05, 4.69) is 51.2 Å². The van der Waals surface area contributed by atoms with Gasteiger partial charge in [0.15, 0.2) is 0 Å². The second-order valence-corrected chi connectivity index (χ2v) is 7.74. The number of benzene rings is 1. The van der Waals surface area contributed by atoms with Gasteiger partial charge >= 0.3 is 0 Å². The van der Waals surface area contributed by atoms with Crippen molar-refractivity contribution >= 4 is 11.0 Å². The Kier molecular flexibility index (Phi) is 4.64. The van der Waals surface area contributed by atoms with E-state index < -0.39 is 0 Å². The average Bonchev–Trinajstić information content (AvgIpc) is 3.07. The number of para-hydroxylation sites is 2. The van der Waals surface area contributed by atoms with Crippen molar-refractivity contribution in [2.75, 3.05) is 13.1 Å². The molecule has 5 nitrogen and oxygen atoms in total. The number of imidazole rings is 1. The van der Waals surface area contributed by atoms with Crippen molar-refractivity contribution in [3.8, 4) is 0 Å². The number of fused-ring (bicyclic) bond motifs is 4. The molecule has 0 saturated carbocycles. The van der Waals surface area contributed by atoms with Crippen LogP contribution in [-0.4, -0.2) is 32.5 Å². The number of nitrogens with one attached hydrogen (secondary N) is 1. The van der Waals surface area contributed by atoms with Crippen molar-refractivity contribution in [1.82, 2.24) is 24.8 Å². The Bertz CT molecular complexity index is 931. The first-order valence-electron chi connectivity index (χ1n) is 10.2. The number of aryl methyl sites for hydroxylation is 1. The van der Waals surface area contributed by atoms with Crippen molar-refractivity contribution < 1.29 is 0 Å². The molecule has 0 unspecified atom stereocenters. The molecule has 3 heterocycles. The van der Waals surface area contributed by atoms with Gasteiger partial charge in [-0.05, 0) is 69.0 Å². The van der Waals surface area contributed by atoms with Crippen molar-refractivity contribution in [2.45, 2.75) is 51.4 Å². The molecule has 27 heavy (non-hydrogen) atoms. The third kappa shape index (κ3) is 3.26. The molecule has 0 spiro atoms. The lowest BCUT2D eigenvalue weighted by Crippen LogP contribution is -2.35. The molecule has 1 atom stereocenters. The summed E-state index contributed by atoms with van der Waals surface area (Å²) in [5.41, 5.74) is 5.04. The monoisotopic (exact) mass is 361 g/mol. The SMILES string of the molecule is c1cnc2c(c1)CCC[C@@H]2N1CCCCNCn2c(nc3ccccc32)C1. The second-order valence-electron chi connectivity index (χ2n) is 7.74. The molecule has 0 bridgehead atoms. The lowest BCUT2D eigenvalue weighted by Gasteiger charge is -2.35. The maximum Gasteiger partial charge on any atom is 0.125 e. The molecule has 5 rings (SSSR count). The van der Waals surface area contributed by atoms with Crippen LogP contribution in [0.25, 0.3) is 11.0 Å². The van der Waals surface area contributed by atoms with Crippen molar-refractivity contribution in [2.24, 2.45) is 0 Å². The zero-order chi connectivity index (χ0) is 18.1. The van der Waals surface area contributed by atoms with Crippen molar-refractivity contribution in [1.29, 1.82) is 0 Å². The van der Waals surface area contributed by atoms with E-state index in [0.29, 0.717) is 6.04 Å². The molecule has 2 aliphatic rings. The van der Waals surface area contributed by atoms with Crippen LogP contribution in [-0.2, 0) is 19.6 Å². The van der Waals surface area contributed by atoms with Gasteiger partial charge in [0.05, 0.1) is 36.0 Å². The van der Waals surface area contributed by atoms with Gasteiger partial charge in [0.1, 0.15) is 5.82 Å². The van der Waals surface area contributed by atoms with Crippen LogP contribution in [0.15, 0.2) is 42.6 Å². The van der Waals surface area contributed by atoms with E-state index in [1.807, 2.05) is 6.20 Å². The van der Waals surface area contributed by atoms with Crippen molar-refractivity contribution in [3.05, 3.63) is 59.7 Å².